The molecule has 0 radical (unpaired) electrons. The largest absolute Gasteiger partial charge is 0.354 e. The SMILES string of the molecule is CC(=O)CCCC(O)(O)S(C)(=O)=O. The molecule has 0 saturated heterocycles. The summed E-state index contributed by atoms with van der Waals surface area (Å²) in [7, 11) is -3.90. The number of carbonyl (C=O) groups is 1. The molecule has 0 saturated carbocycles. The Morgan fingerprint density at radius 3 is 2.15 bits per heavy atom. The minimum absolute atomic E-state index is 0.107. The lowest BCUT2D eigenvalue weighted by atomic mass is 10.2. The monoisotopic (exact) mass is 210 g/mol. The number of rotatable bonds is 5. The summed E-state index contributed by atoms with van der Waals surface area (Å²) in [6.45, 7) is 1.36. The van der Waals surface area contributed by atoms with Gasteiger partial charge in [-0.1, -0.05) is 0 Å². The molecule has 6 heteroatoms. The van der Waals surface area contributed by atoms with Crippen molar-refractivity contribution < 1.29 is 23.4 Å². The molecule has 5 nitrogen and oxygen atoms in total. The van der Waals surface area contributed by atoms with E-state index in [0.29, 0.717) is 0 Å². The van der Waals surface area contributed by atoms with Crippen molar-refractivity contribution in [2.24, 2.45) is 0 Å². The van der Waals surface area contributed by atoms with Crippen LogP contribution in [-0.4, -0.2) is 35.8 Å². The average molecular weight is 210 g/mol. The van der Waals surface area contributed by atoms with Gasteiger partial charge in [0.15, 0.2) is 0 Å². The summed E-state index contributed by atoms with van der Waals surface area (Å²) in [6.07, 6.45) is 0.694. The van der Waals surface area contributed by atoms with Gasteiger partial charge in [0.2, 0.25) is 9.84 Å². The highest BCUT2D eigenvalue weighted by Gasteiger charge is 2.34. The Balaban J connectivity index is 4.13. The van der Waals surface area contributed by atoms with Crippen LogP contribution in [0.1, 0.15) is 26.2 Å². The van der Waals surface area contributed by atoms with E-state index in [2.05, 4.69) is 0 Å². The lowest BCUT2D eigenvalue weighted by Crippen LogP contribution is -2.37. The quantitative estimate of drug-likeness (QED) is 0.593. The van der Waals surface area contributed by atoms with Crippen LogP contribution in [0.15, 0.2) is 0 Å². The third-order valence-corrected chi connectivity index (χ3v) is 3.02. The number of aliphatic hydroxyl groups is 2. The first-order chi connectivity index (χ1) is 5.67. The predicted octanol–water partition coefficient (Wildman–Crippen LogP) is -0.571. The topological polar surface area (TPSA) is 91.7 Å². The molecule has 2 N–H and O–H groups in total. The Kier molecular flexibility index (Phi) is 4.02. The van der Waals surface area contributed by atoms with Crippen molar-refractivity contribution in [2.75, 3.05) is 6.26 Å². The molecular weight excluding hydrogens is 196 g/mol. The highest BCUT2D eigenvalue weighted by Crippen LogP contribution is 2.16. The van der Waals surface area contributed by atoms with E-state index in [1.807, 2.05) is 0 Å². The standard InChI is InChI=1S/C7H14O5S/c1-6(8)4-3-5-7(9,10)13(2,11)12/h9-10H,3-5H2,1-2H3. The number of sulfone groups is 1. The van der Waals surface area contributed by atoms with Gasteiger partial charge in [-0.2, -0.15) is 0 Å². The molecule has 0 spiro atoms. The zero-order valence-corrected chi connectivity index (χ0v) is 8.47. The van der Waals surface area contributed by atoms with Gasteiger partial charge in [-0.3, -0.25) is 0 Å². The molecule has 0 aliphatic rings. The van der Waals surface area contributed by atoms with Crippen molar-refractivity contribution in [1.29, 1.82) is 0 Å². The molecule has 0 unspecified atom stereocenters. The first kappa shape index (κ1) is 12.5. The number of carbonyl (C=O) groups excluding carboxylic acids is 1. The maximum Gasteiger partial charge on any atom is 0.268 e. The van der Waals surface area contributed by atoms with E-state index in [1.54, 1.807) is 0 Å². The van der Waals surface area contributed by atoms with Crippen molar-refractivity contribution in [3.8, 4) is 0 Å². The van der Waals surface area contributed by atoms with Crippen LogP contribution in [-0.2, 0) is 14.6 Å². The predicted molar refractivity (Wildman–Crippen MR) is 46.5 cm³/mol. The third-order valence-electron chi connectivity index (χ3n) is 1.63. The number of ketones is 1. The van der Waals surface area contributed by atoms with Gasteiger partial charge in [0.1, 0.15) is 5.78 Å². The molecule has 13 heavy (non-hydrogen) atoms. The zero-order valence-electron chi connectivity index (χ0n) is 7.65. The van der Waals surface area contributed by atoms with E-state index in [9.17, 15) is 13.2 Å². The van der Waals surface area contributed by atoms with Crippen LogP contribution < -0.4 is 0 Å². The maximum absolute atomic E-state index is 10.7. The highest BCUT2D eigenvalue weighted by molar-refractivity contribution is 7.91. The van der Waals surface area contributed by atoms with Crippen molar-refractivity contribution in [2.45, 2.75) is 31.3 Å². The fraction of sp³-hybridized carbons (Fsp3) is 0.857. The van der Waals surface area contributed by atoms with Crippen LogP contribution >= 0.6 is 0 Å². The van der Waals surface area contributed by atoms with Gasteiger partial charge in [0, 0.05) is 19.1 Å². The maximum atomic E-state index is 10.7. The Labute approximate surface area is 77.3 Å². The first-order valence-corrected chi connectivity index (χ1v) is 5.70. The van der Waals surface area contributed by atoms with Gasteiger partial charge in [-0.05, 0) is 13.3 Å². The van der Waals surface area contributed by atoms with Crippen LogP contribution in [0.5, 0.6) is 0 Å². The molecule has 0 heterocycles. The summed E-state index contributed by atoms with van der Waals surface area (Å²) < 4.78 is 21.5. The molecule has 0 fully saturated rings. The lowest BCUT2D eigenvalue weighted by Gasteiger charge is -2.18. The second-order valence-corrected chi connectivity index (χ2v) is 5.27. The summed E-state index contributed by atoms with van der Waals surface area (Å²) in [5.74, 6) is -0.107. The fourth-order valence-corrected chi connectivity index (χ4v) is 1.27. The van der Waals surface area contributed by atoms with Crippen LogP contribution in [0.2, 0.25) is 0 Å². The van der Waals surface area contributed by atoms with Gasteiger partial charge in [-0.25, -0.2) is 8.42 Å². The van der Waals surface area contributed by atoms with Crippen LogP contribution in [0.3, 0.4) is 0 Å². The molecule has 0 bridgehead atoms. The molecule has 0 atom stereocenters. The molecule has 0 aliphatic carbocycles. The van der Waals surface area contributed by atoms with Crippen molar-refractivity contribution in [1.82, 2.24) is 0 Å². The molecule has 78 valence electrons. The smallest absolute Gasteiger partial charge is 0.268 e. The summed E-state index contributed by atoms with van der Waals surface area (Å²) >= 11 is 0. The third kappa shape index (κ3) is 4.35. The highest BCUT2D eigenvalue weighted by atomic mass is 32.2. The molecule has 0 aliphatic heterocycles. The van der Waals surface area contributed by atoms with Gasteiger partial charge in [0.25, 0.3) is 5.12 Å². The first-order valence-electron chi connectivity index (χ1n) is 3.80. The van der Waals surface area contributed by atoms with Crippen molar-refractivity contribution >= 4 is 15.6 Å². The van der Waals surface area contributed by atoms with Gasteiger partial charge in [0.05, 0.1) is 0 Å². The van der Waals surface area contributed by atoms with Gasteiger partial charge in [-0.15, -0.1) is 0 Å². The van der Waals surface area contributed by atoms with E-state index < -0.39 is 15.0 Å². The van der Waals surface area contributed by atoms with Crippen molar-refractivity contribution in [3.05, 3.63) is 0 Å². The second kappa shape index (κ2) is 4.17. The Morgan fingerprint density at radius 2 is 1.85 bits per heavy atom. The zero-order chi connectivity index (χ0) is 10.7. The minimum Gasteiger partial charge on any atom is -0.354 e. The summed E-state index contributed by atoms with van der Waals surface area (Å²) in [6, 6.07) is 0. The van der Waals surface area contributed by atoms with Crippen LogP contribution in [0, 0.1) is 0 Å². The number of hydrogen-bond acceptors (Lipinski definition) is 5. The van der Waals surface area contributed by atoms with E-state index in [0.717, 1.165) is 6.26 Å². The van der Waals surface area contributed by atoms with E-state index in [4.69, 9.17) is 10.2 Å². The van der Waals surface area contributed by atoms with E-state index in [1.165, 1.54) is 6.92 Å². The molecule has 0 aromatic carbocycles. The van der Waals surface area contributed by atoms with Crippen LogP contribution in [0.4, 0.5) is 0 Å². The van der Waals surface area contributed by atoms with E-state index in [-0.39, 0.29) is 25.0 Å². The summed E-state index contributed by atoms with van der Waals surface area (Å²) in [4.78, 5) is 10.5. The molecule has 0 rings (SSSR count). The number of Topliss-reactive ketones (excluding diaryl/α,β-unsaturated/α-hetero) is 1. The Morgan fingerprint density at radius 1 is 1.38 bits per heavy atom. The molecular formula is C7H14O5S. The Hall–Kier alpha value is -0.460. The van der Waals surface area contributed by atoms with Gasteiger partial charge < -0.3 is 15.0 Å². The van der Waals surface area contributed by atoms with Gasteiger partial charge >= 0.3 is 0 Å². The minimum atomic E-state index is -3.90. The fourth-order valence-electron chi connectivity index (χ4n) is 0.753. The second-order valence-electron chi connectivity index (χ2n) is 3.07. The average Bonchev–Trinajstić information content (AvgIpc) is 1.82. The Bertz CT molecular complexity index is 277. The normalized spacial score (nSPS) is 12.9. The summed E-state index contributed by atoms with van der Waals surface area (Å²) in [5.41, 5.74) is 0. The summed E-state index contributed by atoms with van der Waals surface area (Å²) in [5, 5.41) is 15.3. The van der Waals surface area contributed by atoms with E-state index >= 15 is 0 Å². The lowest BCUT2D eigenvalue weighted by molar-refractivity contribution is -0.118. The number of hydrogen-bond donors (Lipinski definition) is 2. The van der Waals surface area contributed by atoms with Crippen LogP contribution in [0.25, 0.3) is 0 Å². The molecule has 0 amide bonds. The molecule has 0 aromatic rings. The van der Waals surface area contributed by atoms with Crippen molar-refractivity contribution in [3.63, 3.8) is 0 Å². The molecule has 0 aromatic heterocycles.